The van der Waals surface area contributed by atoms with Gasteiger partial charge in [0.1, 0.15) is 11.5 Å². The van der Waals surface area contributed by atoms with Crippen LogP contribution in [-0.4, -0.2) is 10.2 Å². The van der Waals surface area contributed by atoms with Crippen molar-refractivity contribution in [3.05, 3.63) is 59.7 Å². The van der Waals surface area contributed by atoms with E-state index in [0.29, 0.717) is 17.4 Å². The van der Waals surface area contributed by atoms with E-state index >= 15 is 0 Å². The molecule has 2 aromatic carbocycles. The number of hydrogen-bond acceptors (Lipinski definition) is 2. The molecule has 0 amide bonds. The van der Waals surface area contributed by atoms with Crippen molar-refractivity contribution >= 4 is 0 Å². The summed E-state index contributed by atoms with van der Waals surface area (Å²) in [5, 5.41) is 19.4. The summed E-state index contributed by atoms with van der Waals surface area (Å²) in [4.78, 5) is 0. The van der Waals surface area contributed by atoms with Gasteiger partial charge in [0.15, 0.2) is 0 Å². The van der Waals surface area contributed by atoms with E-state index in [9.17, 15) is 10.2 Å². The number of hydrogen-bond donors (Lipinski definition) is 2. The topological polar surface area (TPSA) is 40.5 Å². The predicted molar refractivity (Wildman–Crippen MR) is 98.4 cm³/mol. The van der Waals surface area contributed by atoms with Crippen molar-refractivity contribution in [3.63, 3.8) is 0 Å². The van der Waals surface area contributed by atoms with Crippen LogP contribution >= 0.6 is 0 Å². The van der Waals surface area contributed by atoms with Crippen LogP contribution < -0.4 is 0 Å². The van der Waals surface area contributed by atoms with Gasteiger partial charge in [-0.3, -0.25) is 0 Å². The lowest BCUT2D eigenvalue weighted by atomic mass is 9.64. The molecule has 2 atom stereocenters. The molecule has 2 aromatic rings. The van der Waals surface area contributed by atoms with Crippen LogP contribution in [0.1, 0.15) is 57.1 Å². The van der Waals surface area contributed by atoms with Crippen molar-refractivity contribution in [3.8, 4) is 11.5 Å². The van der Waals surface area contributed by atoms with Crippen molar-refractivity contribution in [1.82, 2.24) is 0 Å². The number of phenolic OH excluding ortho intramolecular Hbond substituents is 2. The van der Waals surface area contributed by atoms with Crippen LogP contribution in [0, 0.1) is 11.8 Å². The number of aromatic hydroxyl groups is 2. The van der Waals surface area contributed by atoms with E-state index < -0.39 is 0 Å². The molecule has 2 heteroatoms. The first-order valence-electron chi connectivity index (χ1n) is 9.09. The quantitative estimate of drug-likeness (QED) is 0.719. The van der Waals surface area contributed by atoms with Gasteiger partial charge >= 0.3 is 0 Å². The fourth-order valence-corrected chi connectivity index (χ4v) is 4.32. The lowest BCUT2D eigenvalue weighted by Crippen LogP contribution is -2.33. The highest BCUT2D eigenvalue weighted by Crippen LogP contribution is 2.46. The van der Waals surface area contributed by atoms with E-state index in [2.05, 4.69) is 38.1 Å². The van der Waals surface area contributed by atoms with Crippen molar-refractivity contribution in [2.24, 2.45) is 11.8 Å². The molecular weight excluding hydrogens is 296 g/mol. The molecule has 1 aliphatic carbocycles. The lowest BCUT2D eigenvalue weighted by molar-refractivity contribution is 0.304. The molecule has 1 fully saturated rings. The van der Waals surface area contributed by atoms with Crippen LogP contribution in [-0.2, 0) is 5.41 Å². The van der Waals surface area contributed by atoms with Gasteiger partial charge in [-0.25, -0.2) is 0 Å². The first-order chi connectivity index (χ1) is 11.5. The molecule has 2 unspecified atom stereocenters. The third kappa shape index (κ3) is 3.28. The Kier molecular flexibility index (Phi) is 4.84. The number of phenols is 2. The summed E-state index contributed by atoms with van der Waals surface area (Å²) in [5.41, 5.74) is 2.38. The Morgan fingerprint density at radius 3 is 1.75 bits per heavy atom. The highest BCUT2D eigenvalue weighted by molar-refractivity contribution is 5.43. The summed E-state index contributed by atoms with van der Waals surface area (Å²) in [5.74, 6) is 1.98. The fourth-order valence-electron chi connectivity index (χ4n) is 4.32. The first kappa shape index (κ1) is 16.9. The Bertz CT molecular complexity index is 612. The summed E-state index contributed by atoms with van der Waals surface area (Å²) in [7, 11) is 0. The Hall–Kier alpha value is -1.96. The van der Waals surface area contributed by atoms with Crippen molar-refractivity contribution in [1.29, 1.82) is 0 Å². The van der Waals surface area contributed by atoms with E-state index in [4.69, 9.17) is 0 Å². The molecule has 0 bridgehead atoms. The van der Waals surface area contributed by atoms with Gasteiger partial charge in [0, 0.05) is 5.41 Å². The molecule has 1 aliphatic rings. The highest BCUT2D eigenvalue weighted by Gasteiger charge is 2.38. The SMILES string of the molecule is CC1CCCC(C(C)(c2ccc(O)cc2)c2ccc(O)cc2)CC1. The second-order valence-electron chi connectivity index (χ2n) is 7.61. The standard InChI is InChI=1S/C22H28O2/c1-16-4-3-5-17(7-6-16)22(2,18-8-12-20(23)13-9-18)19-10-14-21(24)15-11-19/h8-17,23-24H,3-7H2,1-2H3. The highest BCUT2D eigenvalue weighted by atomic mass is 16.3. The minimum Gasteiger partial charge on any atom is -0.508 e. The Morgan fingerprint density at radius 2 is 1.25 bits per heavy atom. The molecule has 0 saturated heterocycles. The molecule has 24 heavy (non-hydrogen) atoms. The van der Waals surface area contributed by atoms with Crippen molar-refractivity contribution < 1.29 is 10.2 Å². The van der Waals surface area contributed by atoms with Gasteiger partial charge in [0.05, 0.1) is 0 Å². The third-order valence-electron chi connectivity index (χ3n) is 6.01. The minimum absolute atomic E-state index is 0.106. The summed E-state index contributed by atoms with van der Waals surface area (Å²) in [6, 6.07) is 15.3. The Morgan fingerprint density at radius 1 is 0.750 bits per heavy atom. The van der Waals surface area contributed by atoms with E-state index in [1.54, 1.807) is 24.3 Å². The maximum Gasteiger partial charge on any atom is 0.115 e. The van der Waals surface area contributed by atoms with Crippen molar-refractivity contribution in [2.45, 2.75) is 51.4 Å². The second-order valence-corrected chi connectivity index (χ2v) is 7.61. The van der Waals surface area contributed by atoms with E-state index in [1.165, 1.54) is 43.2 Å². The Balaban J connectivity index is 2.05. The Labute approximate surface area is 145 Å². The molecule has 0 radical (unpaired) electrons. The molecular formula is C22H28O2. The number of rotatable bonds is 3. The predicted octanol–water partition coefficient (Wildman–Crippen LogP) is 5.62. The summed E-state index contributed by atoms with van der Waals surface area (Å²) < 4.78 is 0. The average molecular weight is 324 g/mol. The van der Waals surface area contributed by atoms with Crippen LogP contribution in [0.25, 0.3) is 0 Å². The first-order valence-corrected chi connectivity index (χ1v) is 9.09. The lowest BCUT2D eigenvalue weighted by Gasteiger charge is -2.39. The van der Waals surface area contributed by atoms with E-state index in [0.717, 1.165) is 5.92 Å². The maximum atomic E-state index is 9.69. The zero-order valence-electron chi connectivity index (χ0n) is 14.7. The smallest absolute Gasteiger partial charge is 0.115 e. The zero-order chi connectivity index (χ0) is 17.2. The van der Waals surface area contributed by atoms with E-state index in [-0.39, 0.29) is 5.41 Å². The summed E-state index contributed by atoms with van der Waals surface area (Å²) in [6.45, 7) is 4.69. The second kappa shape index (κ2) is 6.88. The maximum absolute atomic E-state index is 9.69. The molecule has 2 nitrogen and oxygen atoms in total. The van der Waals surface area contributed by atoms with Gasteiger partial charge in [-0.15, -0.1) is 0 Å². The van der Waals surface area contributed by atoms with Crippen LogP contribution in [0.2, 0.25) is 0 Å². The van der Waals surface area contributed by atoms with Crippen molar-refractivity contribution in [2.75, 3.05) is 0 Å². The monoisotopic (exact) mass is 324 g/mol. The minimum atomic E-state index is -0.106. The van der Waals surface area contributed by atoms with Crippen LogP contribution in [0.3, 0.4) is 0 Å². The van der Waals surface area contributed by atoms with Crippen LogP contribution in [0.4, 0.5) is 0 Å². The summed E-state index contributed by atoms with van der Waals surface area (Å²) >= 11 is 0. The zero-order valence-corrected chi connectivity index (χ0v) is 14.7. The van der Waals surface area contributed by atoms with Gasteiger partial charge in [-0.1, -0.05) is 57.4 Å². The van der Waals surface area contributed by atoms with Gasteiger partial charge in [-0.05, 0) is 60.1 Å². The summed E-state index contributed by atoms with van der Waals surface area (Å²) in [6.07, 6.45) is 6.31. The van der Waals surface area contributed by atoms with Gasteiger partial charge in [0.25, 0.3) is 0 Å². The molecule has 3 rings (SSSR count). The molecule has 0 aliphatic heterocycles. The molecule has 0 spiro atoms. The third-order valence-corrected chi connectivity index (χ3v) is 6.01. The molecule has 128 valence electrons. The van der Waals surface area contributed by atoms with Crippen LogP contribution in [0.15, 0.2) is 48.5 Å². The largest absolute Gasteiger partial charge is 0.508 e. The molecule has 0 aromatic heterocycles. The van der Waals surface area contributed by atoms with E-state index in [1.807, 2.05) is 0 Å². The van der Waals surface area contributed by atoms with Gasteiger partial charge < -0.3 is 10.2 Å². The van der Waals surface area contributed by atoms with Crippen LogP contribution in [0.5, 0.6) is 11.5 Å². The molecule has 2 N–H and O–H groups in total. The van der Waals surface area contributed by atoms with Gasteiger partial charge in [-0.2, -0.15) is 0 Å². The molecule has 1 saturated carbocycles. The normalized spacial score (nSPS) is 22.1. The van der Waals surface area contributed by atoms with Gasteiger partial charge in [0.2, 0.25) is 0 Å². The average Bonchev–Trinajstić information content (AvgIpc) is 2.80. The number of benzene rings is 2. The molecule has 0 heterocycles. The fraction of sp³-hybridized carbons (Fsp3) is 0.455.